The molecule has 1 unspecified atom stereocenters. The third-order valence-corrected chi connectivity index (χ3v) is 5.00. The third kappa shape index (κ3) is 3.96. The van der Waals surface area contributed by atoms with Gasteiger partial charge in [-0.15, -0.1) is 0 Å². The van der Waals surface area contributed by atoms with Crippen LogP contribution in [0.3, 0.4) is 0 Å². The van der Waals surface area contributed by atoms with Gasteiger partial charge >= 0.3 is 0 Å². The van der Waals surface area contributed by atoms with E-state index in [4.69, 9.17) is 4.74 Å². The lowest BCUT2D eigenvalue weighted by Gasteiger charge is -2.18. The number of benzene rings is 1. The summed E-state index contributed by atoms with van der Waals surface area (Å²) in [5.74, 6) is 0.853. The number of halogens is 2. The predicted octanol–water partition coefficient (Wildman–Crippen LogP) is 4.89. The molecule has 0 spiro atoms. The summed E-state index contributed by atoms with van der Waals surface area (Å²) in [6.45, 7) is 5.62. The van der Waals surface area contributed by atoms with Crippen LogP contribution >= 0.6 is 31.9 Å². The molecule has 0 amide bonds. The van der Waals surface area contributed by atoms with Crippen LogP contribution in [0.15, 0.2) is 21.1 Å². The summed E-state index contributed by atoms with van der Waals surface area (Å²) in [4.78, 5) is 0. The van der Waals surface area contributed by atoms with E-state index in [0.717, 1.165) is 21.2 Å². The van der Waals surface area contributed by atoms with Gasteiger partial charge in [0.1, 0.15) is 5.75 Å². The van der Waals surface area contributed by atoms with Crippen molar-refractivity contribution in [1.29, 1.82) is 0 Å². The van der Waals surface area contributed by atoms with Crippen molar-refractivity contribution < 1.29 is 4.74 Å². The summed E-state index contributed by atoms with van der Waals surface area (Å²) in [6, 6.07) is 4.89. The van der Waals surface area contributed by atoms with Gasteiger partial charge in [-0.25, -0.2) is 0 Å². The van der Waals surface area contributed by atoms with E-state index in [9.17, 15) is 0 Å². The fourth-order valence-electron chi connectivity index (χ4n) is 2.78. The first-order chi connectivity index (χ1) is 8.91. The number of ether oxygens (including phenoxy) is 1. The molecule has 1 saturated carbocycles. The molecule has 2 rings (SSSR count). The fourth-order valence-corrected chi connectivity index (χ4v) is 4.39. The molecule has 0 saturated heterocycles. The minimum absolute atomic E-state index is 0.499. The maximum Gasteiger partial charge on any atom is 0.147 e. The first-order valence-corrected chi connectivity index (χ1v) is 8.25. The molecule has 1 fully saturated rings. The number of hydrogen-bond acceptors (Lipinski definition) is 2. The smallest absolute Gasteiger partial charge is 0.147 e. The van der Waals surface area contributed by atoms with E-state index in [-0.39, 0.29) is 0 Å². The highest BCUT2D eigenvalue weighted by Gasteiger charge is 2.30. The Kier molecular flexibility index (Phi) is 4.96. The molecule has 1 atom stereocenters. The molecule has 2 nitrogen and oxygen atoms in total. The fraction of sp³-hybridized carbons (Fsp3) is 0.600. The monoisotopic (exact) mass is 389 g/mol. The molecular formula is C15H21Br2NO. The minimum atomic E-state index is 0.499. The highest BCUT2D eigenvalue weighted by Crippen LogP contribution is 2.37. The molecule has 0 heterocycles. The Morgan fingerprint density at radius 2 is 1.95 bits per heavy atom. The first-order valence-electron chi connectivity index (χ1n) is 6.66. The van der Waals surface area contributed by atoms with Crippen molar-refractivity contribution in [2.45, 2.75) is 45.7 Å². The van der Waals surface area contributed by atoms with Gasteiger partial charge in [0.25, 0.3) is 0 Å². The second kappa shape index (κ2) is 6.15. The molecule has 1 N–H and O–H groups in total. The average molecular weight is 391 g/mol. The largest absolute Gasteiger partial charge is 0.494 e. The van der Waals surface area contributed by atoms with Gasteiger partial charge in [-0.05, 0) is 74.2 Å². The van der Waals surface area contributed by atoms with Gasteiger partial charge in [0.15, 0.2) is 0 Å². The zero-order chi connectivity index (χ0) is 14.0. The maximum atomic E-state index is 5.32. The van der Waals surface area contributed by atoms with Crippen molar-refractivity contribution >= 4 is 31.9 Å². The quantitative estimate of drug-likeness (QED) is 0.790. The first kappa shape index (κ1) is 15.3. The number of nitrogens with one attached hydrogen (secondary N) is 1. The van der Waals surface area contributed by atoms with Crippen molar-refractivity contribution in [2.75, 3.05) is 7.11 Å². The molecular weight excluding hydrogens is 370 g/mol. The van der Waals surface area contributed by atoms with Gasteiger partial charge in [0, 0.05) is 12.6 Å². The van der Waals surface area contributed by atoms with E-state index < -0.39 is 0 Å². The van der Waals surface area contributed by atoms with Crippen molar-refractivity contribution in [3.63, 3.8) is 0 Å². The van der Waals surface area contributed by atoms with E-state index in [1.807, 2.05) is 0 Å². The van der Waals surface area contributed by atoms with Crippen LogP contribution in [0.5, 0.6) is 5.75 Å². The van der Waals surface area contributed by atoms with E-state index in [2.05, 4.69) is 63.2 Å². The maximum absolute atomic E-state index is 5.32. The molecule has 4 heteroatoms. The third-order valence-electron chi connectivity index (χ3n) is 3.83. The van der Waals surface area contributed by atoms with Gasteiger partial charge in [-0.2, -0.15) is 0 Å². The highest BCUT2D eigenvalue weighted by molar-refractivity contribution is 9.11. The van der Waals surface area contributed by atoms with Crippen molar-refractivity contribution in [3.8, 4) is 5.75 Å². The summed E-state index contributed by atoms with van der Waals surface area (Å²) in [5, 5.41) is 3.66. The van der Waals surface area contributed by atoms with Crippen LogP contribution in [0.1, 0.15) is 38.7 Å². The molecule has 1 aromatic carbocycles. The highest BCUT2D eigenvalue weighted by atomic mass is 79.9. The lowest BCUT2D eigenvalue weighted by molar-refractivity contribution is 0.364. The molecule has 0 bridgehead atoms. The normalized spacial score (nSPS) is 21.6. The Morgan fingerprint density at radius 1 is 1.32 bits per heavy atom. The molecule has 1 aromatic rings. The van der Waals surface area contributed by atoms with Gasteiger partial charge in [-0.1, -0.05) is 13.8 Å². The number of hydrogen-bond donors (Lipinski definition) is 1. The Morgan fingerprint density at radius 3 is 2.42 bits per heavy atom. The molecule has 106 valence electrons. The van der Waals surface area contributed by atoms with Crippen LogP contribution in [-0.4, -0.2) is 13.2 Å². The van der Waals surface area contributed by atoms with Crippen LogP contribution in [0.2, 0.25) is 0 Å². The molecule has 19 heavy (non-hydrogen) atoms. The summed E-state index contributed by atoms with van der Waals surface area (Å²) in [6.07, 6.45) is 3.87. The molecule has 0 aliphatic heterocycles. The zero-order valence-corrected chi connectivity index (χ0v) is 14.9. The topological polar surface area (TPSA) is 21.3 Å². The summed E-state index contributed by atoms with van der Waals surface area (Å²) < 4.78 is 7.31. The van der Waals surface area contributed by atoms with Gasteiger partial charge in [0.2, 0.25) is 0 Å². The average Bonchev–Trinajstić information content (AvgIpc) is 2.66. The predicted molar refractivity (Wildman–Crippen MR) is 86.7 cm³/mol. The Hall–Kier alpha value is -0.0600. The summed E-state index contributed by atoms with van der Waals surface area (Å²) in [7, 11) is 1.68. The van der Waals surface area contributed by atoms with E-state index >= 15 is 0 Å². The van der Waals surface area contributed by atoms with Crippen molar-refractivity contribution in [1.82, 2.24) is 5.32 Å². The lowest BCUT2D eigenvalue weighted by atomic mass is 9.92. The van der Waals surface area contributed by atoms with E-state index in [1.54, 1.807) is 7.11 Å². The van der Waals surface area contributed by atoms with Crippen LogP contribution < -0.4 is 10.1 Å². The second-order valence-corrected chi connectivity index (χ2v) is 7.79. The van der Waals surface area contributed by atoms with Crippen molar-refractivity contribution in [2.24, 2.45) is 5.41 Å². The van der Waals surface area contributed by atoms with Crippen LogP contribution in [0.4, 0.5) is 0 Å². The molecule has 1 aliphatic rings. The van der Waals surface area contributed by atoms with Crippen LogP contribution in [-0.2, 0) is 6.54 Å². The standard InChI is InChI=1S/C15H21Br2NO/c1-15(2)5-4-11(8-15)18-9-10-6-12(16)14(19-3)13(17)7-10/h6-7,11,18H,4-5,8-9H2,1-3H3. The molecule has 0 aromatic heterocycles. The van der Waals surface area contributed by atoms with Gasteiger partial charge in [0.05, 0.1) is 16.1 Å². The Bertz CT molecular complexity index is 436. The zero-order valence-electron chi connectivity index (χ0n) is 11.7. The lowest BCUT2D eigenvalue weighted by Crippen LogP contribution is -2.26. The molecule has 1 aliphatic carbocycles. The number of rotatable bonds is 4. The second-order valence-electron chi connectivity index (χ2n) is 6.08. The summed E-state index contributed by atoms with van der Waals surface area (Å²) >= 11 is 7.09. The van der Waals surface area contributed by atoms with Crippen LogP contribution in [0, 0.1) is 5.41 Å². The number of methoxy groups -OCH3 is 1. The van der Waals surface area contributed by atoms with E-state index in [1.165, 1.54) is 24.8 Å². The summed E-state index contributed by atoms with van der Waals surface area (Å²) in [5.41, 5.74) is 1.77. The molecule has 0 radical (unpaired) electrons. The minimum Gasteiger partial charge on any atom is -0.494 e. The van der Waals surface area contributed by atoms with Gasteiger partial charge in [-0.3, -0.25) is 0 Å². The van der Waals surface area contributed by atoms with Crippen LogP contribution in [0.25, 0.3) is 0 Å². The van der Waals surface area contributed by atoms with Crippen molar-refractivity contribution in [3.05, 3.63) is 26.6 Å². The Labute approximate surface area is 132 Å². The van der Waals surface area contributed by atoms with E-state index in [0.29, 0.717) is 11.5 Å². The Balaban J connectivity index is 1.97. The van der Waals surface area contributed by atoms with Gasteiger partial charge < -0.3 is 10.1 Å². The SMILES string of the molecule is COc1c(Br)cc(CNC2CCC(C)(C)C2)cc1Br.